The molecule has 1 unspecified atom stereocenters. The highest BCUT2D eigenvalue weighted by molar-refractivity contribution is 14.0. The Morgan fingerprint density at radius 2 is 2.16 bits per heavy atom. The molecule has 7 nitrogen and oxygen atoms in total. The van der Waals surface area contributed by atoms with Crippen LogP contribution in [0, 0.1) is 6.92 Å². The van der Waals surface area contributed by atoms with Crippen LogP contribution in [0.2, 0.25) is 0 Å². The van der Waals surface area contributed by atoms with Crippen molar-refractivity contribution in [3.8, 4) is 10.6 Å². The number of nitrogens with one attached hydrogen (secondary N) is 2. The van der Waals surface area contributed by atoms with Crippen LogP contribution in [0.3, 0.4) is 0 Å². The van der Waals surface area contributed by atoms with Crippen LogP contribution in [0.5, 0.6) is 0 Å². The van der Waals surface area contributed by atoms with Crippen LogP contribution in [0.1, 0.15) is 37.1 Å². The number of aliphatic imine (C=N–C) groups is 1. The molecule has 0 aromatic carbocycles. The summed E-state index contributed by atoms with van der Waals surface area (Å²) in [6.45, 7) is 10.0. The first-order chi connectivity index (χ1) is 14.2. The number of hydrogen-bond donors (Lipinski definition) is 2. The summed E-state index contributed by atoms with van der Waals surface area (Å²) in [5.74, 6) is 0.871. The second kappa shape index (κ2) is 11.5. The van der Waals surface area contributed by atoms with Gasteiger partial charge in [0.15, 0.2) is 5.96 Å². The maximum Gasteiger partial charge on any atom is 0.407 e. The van der Waals surface area contributed by atoms with E-state index in [-0.39, 0.29) is 36.1 Å². The molecule has 3 rings (SSSR count). The molecule has 1 atom stereocenters. The van der Waals surface area contributed by atoms with Crippen molar-refractivity contribution in [3.05, 3.63) is 27.4 Å². The van der Waals surface area contributed by atoms with Crippen LogP contribution in [0.25, 0.3) is 10.6 Å². The fraction of sp³-hybridized carbons (Fsp3) is 0.571. The Morgan fingerprint density at radius 1 is 1.39 bits per heavy atom. The molecule has 0 aliphatic carbocycles. The van der Waals surface area contributed by atoms with Gasteiger partial charge in [0.05, 0.1) is 21.6 Å². The Kier molecular flexibility index (Phi) is 9.56. The lowest BCUT2D eigenvalue weighted by Crippen LogP contribution is -2.44. The summed E-state index contributed by atoms with van der Waals surface area (Å²) in [4.78, 5) is 25.7. The van der Waals surface area contributed by atoms with Crippen molar-refractivity contribution in [3.63, 3.8) is 0 Å². The maximum absolute atomic E-state index is 12.0. The molecule has 2 N–H and O–H groups in total. The third kappa shape index (κ3) is 7.90. The predicted octanol–water partition coefficient (Wildman–Crippen LogP) is 4.51. The van der Waals surface area contributed by atoms with Crippen molar-refractivity contribution in [2.75, 3.05) is 26.7 Å². The van der Waals surface area contributed by atoms with E-state index < -0.39 is 5.60 Å². The molecule has 0 saturated carbocycles. The monoisotopic (exact) mass is 577 g/mol. The lowest BCUT2D eigenvalue weighted by atomic mass is 10.2. The van der Waals surface area contributed by atoms with Gasteiger partial charge in [0, 0.05) is 36.9 Å². The molecular formula is C21H32IN5O2S2. The van der Waals surface area contributed by atoms with Crippen LogP contribution >= 0.6 is 46.7 Å². The molecule has 0 radical (unpaired) electrons. The molecule has 172 valence electrons. The number of halogens is 1. The summed E-state index contributed by atoms with van der Waals surface area (Å²) in [6, 6.07) is 4.40. The second-order valence-electron chi connectivity index (χ2n) is 8.32. The lowest BCUT2D eigenvalue weighted by molar-refractivity contribution is 0.0507. The van der Waals surface area contributed by atoms with E-state index in [1.807, 2.05) is 27.7 Å². The third-order valence-corrected chi connectivity index (χ3v) is 6.55. The van der Waals surface area contributed by atoms with Gasteiger partial charge in [-0.2, -0.15) is 0 Å². The predicted molar refractivity (Wildman–Crippen MR) is 140 cm³/mol. The minimum absolute atomic E-state index is 0. The largest absolute Gasteiger partial charge is 0.444 e. The van der Waals surface area contributed by atoms with Gasteiger partial charge in [-0.25, -0.2) is 9.78 Å². The number of nitrogens with zero attached hydrogens (tertiary/aromatic N) is 3. The number of rotatable bonds is 5. The van der Waals surface area contributed by atoms with Gasteiger partial charge in [0.1, 0.15) is 5.60 Å². The van der Waals surface area contributed by atoms with Crippen LogP contribution < -0.4 is 10.6 Å². The van der Waals surface area contributed by atoms with E-state index in [4.69, 9.17) is 4.74 Å². The fourth-order valence-electron chi connectivity index (χ4n) is 3.30. The summed E-state index contributed by atoms with van der Waals surface area (Å²) in [5.41, 5.74) is 0.582. The van der Waals surface area contributed by atoms with Gasteiger partial charge in [0.25, 0.3) is 0 Å². The SMILES string of the molecule is CN=C(NCCc1ccc(-c2csc(C)n2)s1)N1CCC(NC(=O)OC(C)(C)C)C1.I. The topological polar surface area (TPSA) is 78.9 Å². The average Bonchev–Trinajstić information content (AvgIpc) is 3.38. The smallest absolute Gasteiger partial charge is 0.407 e. The summed E-state index contributed by atoms with van der Waals surface area (Å²) >= 11 is 3.47. The Labute approximate surface area is 209 Å². The maximum atomic E-state index is 12.0. The summed E-state index contributed by atoms with van der Waals surface area (Å²) < 4.78 is 5.35. The second-order valence-corrected chi connectivity index (χ2v) is 10.6. The number of carbonyl (C=O) groups excluding carboxylic acids is 1. The molecule has 1 aliphatic heterocycles. The molecule has 2 aromatic rings. The zero-order valence-corrected chi connectivity index (χ0v) is 22.7. The van der Waals surface area contributed by atoms with Crippen molar-refractivity contribution in [1.82, 2.24) is 20.5 Å². The Bertz CT molecular complexity index is 890. The summed E-state index contributed by atoms with van der Waals surface area (Å²) in [5, 5.41) is 9.61. The Morgan fingerprint density at radius 3 is 2.81 bits per heavy atom. The van der Waals surface area contributed by atoms with Crippen molar-refractivity contribution >= 4 is 58.7 Å². The lowest BCUT2D eigenvalue weighted by Gasteiger charge is -2.23. The summed E-state index contributed by atoms with van der Waals surface area (Å²) in [6.07, 6.45) is 1.45. The van der Waals surface area contributed by atoms with E-state index in [1.165, 1.54) is 9.75 Å². The number of thiazole rings is 1. The molecule has 10 heteroatoms. The van der Waals surface area contributed by atoms with Gasteiger partial charge < -0.3 is 20.3 Å². The normalized spacial score (nSPS) is 16.7. The van der Waals surface area contributed by atoms with Gasteiger partial charge in [-0.1, -0.05) is 0 Å². The number of aromatic nitrogens is 1. The summed E-state index contributed by atoms with van der Waals surface area (Å²) in [7, 11) is 1.80. The molecule has 2 aromatic heterocycles. The number of likely N-dealkylation sites (tertiary alicyclic amines) is 1. The zero-order valence-electron chi connectivity index (χ0n) is 18.7. The first-order valence-electron chi connectivity index (χ1n) is 10.2. The Balaban J connectivity index is 0.00000341. The van der Waals surface area contributed by atoms with Crippen molar-refractivity contribution in [2.24, 2.45) is 4.99 Å². The van der Waals surface area contributed by atoms with E-state index in [0.717, 1.165) is 49.1 Å². The highest BCUT2D eigenvalue weighted by Crippen LogP contribution is 2.29. The van der Waals surface area contributed by atoms with Crippen molar-refractivity contribution in [2.45, 2.75) is 52.2 Å². The molecular weight excluding hydrogens is 545 g/mol. The van der Waals surface area contributed by atoms with Gasteiger partial charge in [0.2, 0.25) is 0 Å². The molecule has 31 heavy (non-hydrogen) atoms. The van der Waals surface area contributed by atoms with Gasteiger partial charge >= 0.3 is 6.09 Å². The van der Waals surface area contributed by atoms with E-state index in [1.54, 1.807) is 29.7 Å². The highest BCUT2D eigenvalue weighted by atomic mass is 127. The van der Waals surface area contributed by atoms with Crippen LogP contribution in [0.4, 0.5) is 4.79 Å². The number of hydrogen-bond acceptors (Lipinski definition) is 6. The number of alkyl carbamates (subject to hydrolysis) is 1. The fourth-order valence-corrected chi connectivity index (χ4v) is 4.96. The van der Waals surface area contributed by atoms with Gasteiger partial charge in [-0.3, -0.25) is 4.99 Å². The molecule has 1 amide bonds. The molecule has 1 saturated heterocycles. The number of ether oxygens (including phenoxy) is 1. The number of carbonyl (C=O) groups is 1. The number of guanidine groups is 1. The van der Waals surface area contributed by atoms with Crippen molar-refractivity contribution < 1.29 is 9.53 Å². The van der Waals surface area contributed by atoms with E-state index in [9.17, 15) is 4.79 Å². The first-order valence-corrected chi connectivity index (χ1v) is 11.9. The standard InChI is InChI=1S/C21H31N5O2S2.HI/c1-14-24-17(13-29-14)18-7-6-16(30-18)8-10-23-19(22-5)26-11-9-15(12-26)25-20(27)28-21(2,3)4;/h6-7,13,15H,8-12H2,1-5H3,(H,22,23)(H,25,27);1H. The van der Waals surface area contributed by atoms with Crippen LogP contribution in [0.15, 0.2) is 22.5 Å². The van der Waals surface area contributed by atoms with E-state index in [2.05, 4.69) is 43.0 Å². The molecule has 1 aliphatic rings. The first kappa shape index (κ1) is 25.9. The van der Waals surface area contributed by atoms with Crippen molar-refractivity contribution in [1.29, 1.82) is 0 Å². The van der Waals surface area contributed by atoms with E-state index in [0.29, 0.717) is 0 Å². The third-order valence-electron chi connectivity index (χ3n) is 4.61. The number of amides is 1. The number of thiophene rings is 1. The minimum Gasteiger partial charge on any atom is -0.444 e. The molecule has 0 spiro atoms. The van der Waals surface area contributed by atoms with Crippen LogP contribution in [-0.4, -0.2) is 60.3 Å². The molecule has 0 bridgehead atoms. The van der Waals surface area contributed by atoms with Crippen LogP contribution in [-0.2, 0) is 11.2 Å². The zero-order chi connectivity index (χ0) is 21.7. The quantitative estimate of drug-likeness (QED) is 0.311. The van der Waals surface area contributed by atoms with E-state index >= 15 is 0 Å². The number of aryl methyl sites for hydroxylation is 1. The Hall–Kier alpha value is -1.40. The average molecular weight is 578 g/mol. The molecule has 3 heterocycles. The van der Waals surface area contributed by atoms with Gasteiger partial charge in [-0.05, 0) is 52.7 Å². The minimum atomic E-state index is -0.486. The highest BCUT2D eigenvalue weighted by Gasteiger charge is 2.27. The molecule has 1 fully saturated rings. The van der Waals surface area contributed by atoms with Gasteiger partial charge in [-0.15, -0.1) is 46.7 Å².